The summed E-state index contributed by atoms with van der Waals surface area (Å²) in [6, 6.07) is 8.71. The highest BCUT2D eigenvalue weighted by molar-refractivity contribution is 7.16. The molecule has 1 aromatic heterocycles. The second-order valence-electron chi connectivity index (χ2n) is 5.67. The van der Waals surface area contributed by atoms with Gasteiger partial charge in [-0.2, -0.15) is 0 Å². The molecule has 0 saturated heterocycles. The number of thiophene rings is 1. The van der Waals surface area contributed by atoms with Crippen molar-refractivity contribution in [3.8, 4) is 11.5 Å². The molecule has 0 bridgehead atoms. The number of aliphatic carboxylic acids is 1. The largest absolute Gasteiger partial charge is 0.497 e. The van der Waals surface area contributed by atoms with E-state index in [1.165, 1.54) is 30.5 Å². The maximum absolute atomic E-state index is 12.9. The van der Waals surface area contributed by atoms with Gasteiger partial charge in [0.05, 0.1) is 24.5 Å². The van der Waals surface area contributed by atoms with Gasteiger partial charge in [0.2, 0.25) is 5.91 Å². The van der Waals surface area contributed by atoms with Gasteiger partial charge >= 0.3 is 5.97 Å². The van der Waals surface area contributed by atoms with Crippen molar-refractivity contribution < 1.29 is 24.2 Å². The molecule has 0 saturated carbocycles. The van der Waals surface area contributed by atoms with Crippen molar-refractivity contribution >= 4 is 34.8 Å². The van der Waals surface area contributed by atoms with Crippen molar-refractivity contribution in [1.29, 1.82) is 0 Å². The van der Waals surface area contributed by atoms with Gasteiger partial charge in [-0.3, -0.25) is 9.59 Å². The number of hydrogen-bond donors (Lipinski definition) is 1. The number of rotatable bonds is 8. The van der Waals surface area contributed by atoms with Crippen LogP contribution in [0.25, 0.3) is 0 Å². The predicted octanol–water partition coefficient (Wildman–Crippen LogP) is 3.64. The zero-order valence-electron chi connectivity index (χ0n) is 14.7. The van der Waals surface area contributed by atoms with Crippen molar-refractivity contribution in [3.63, 3.8) is 0 Å². The first kappa shape index (κ1) is 20.1. The predicted molar refractivity (Wildman–Crippen MR) is 100 cm³/mol. The highest BCUT2D eigenvalue weighted by Crippen LogP contribution is 2.30. The fourth-order valence-electron chi connectivity index (χ4n) is 2.51. The van der Waals surface area contributed by atoms with E-state index >= 15 is 0 Å². The molecular weight excluding hydrogens is 378 g/mol. The molecule has 140 valence electrons. The minimum Gasteiger partial charge on any atom is -0.497 e. The number of hydrogen-bond acceptors (Lipinski definition) is 5. The number of carbonyl (C=O) groups is 2. The van der Waals surface area contributed by atoms with E-state index in [4.69, 9.17) is 21.1 Å². The normalized spacial score (nSPS) is 11.7. The molecule has 1 amide bonds. The van der Waals surface area contributed by atoms with Crippen molar-refractivity contribution in [1.82, 2.24) is 4.90 Å². The van der Waals surface area contributed by atoms with E-state index in [1.807, 2.05) is 0 Å². The van der Waals surface area contributed by atoms with Gasteiger partial charge < -0.3 is 19.5 Å². The van der Waals surface area contributed by atoms with Crippen molar-refractivity contribution in [2.45, 2.75) is 19.4 Å². The number of carbonyl (C=O) groups excluding carboxylic acids is 1. The fraction of sp³-hybridized carbons (Fsp3) is 0.333. The highest BCUT2D eigenvalue weighted by atomic mass is 35.5. The molecule has 2 rings (SSSR count). The van der Waals surface area contributed by atoms with Gasteiger partial charge in [0, 0.05) is 17.5 Å². The molecule has 1 heterocycles. The van der Waals surface area contributed by atoms with Crippen LogP contribution in [0.1, 0.15) is 23.3 Å². The summed E-state index contributed by atoms with van der Waals surface area (Å²) in [6.07, 6.45) is 0. The Balaban J connectivity index is 2.27. The summed E-state index contributed by atoms with van der Waals surface area (Å²) < 4.78 is 11.0. The highest BCUT2D eigenvalue weighted by Gasteiger charge is 2.25. The van der Waals surface area contributed by atoms with Crippen LogP contribution < -0.4 is 9.47 Å². The van der Waals surface area contributed by atoms with Crippen LogP contribution >= 0.6 is 22.9 Å². The molecule has 2 aromatic rings. The Labute approximate surface area is 160 Å². The van der Waals surface area contributed by atoms with Gasteiger partial charge in [0.15, 0.2) is 0 Å². The van der Waals surface area contributed by atoms with Crippen molar-refractivity contribution in [2.75, 3.05) is 20.8 Å². The van der Waals surface area contributed by atoms with Crippen LogP contribution in [-0.2, 0) is 16.1 Å². The molecule has 1 unspecified atom stereocenters. The van der Waals surface area contributed by atoms with Crippen LogP contribution in [0.2, 0.25) is 4.34 Å². The smallest absolute Gasteiger partial charge is 0.323 e. The Hall–Kier alpha value is -2.25. The maximum Gasteiger partial charge on any atom is 0.323 e. The van der Waals surface area contributed by atoms with E-state index in [2.05, 4.69) is 0 Å². The molecule has 6 nitrogen and oxygen atoms in total. The SMILES string of the molecule is COc1cc(CN(CC(=O)O)C(=O)C(C)c2ccc(Cl)s2)cc(OC)c1. The Kier molecular flexibility index (Phi) is 6.88. The average molecular weight is 398 g/mol. The number of carboxylic acid groups (broad SMARTS) is 1. The quantitative estimate of drug-likeness (QED) is 0.736. The summed E-state index contributed by atoms with van der Waals surface area (Å²) in [7, 11) is 3.06. The second-order valence-corrected chi connectivity index (χ2v) is 7.42. The first-order valence-electron chi connectivity index (χ1n) is 7.81. The monoisotopic (exact) mass is 397 g/mol. The van der Waals surface area contributed by atoms with Gasteiger partial charge in [0.25, 0.3) is 0 Å². The van der Waals surface area contributed by atoms with Gasteiger partial charge in [-0.05, 0) is 36.8 Å². The fourth-order valence-corrected chi connectivity index (χ4v) is 3.61. The van der Waals surface area contributed by atoms with Crippen LogP contribution in [0.4, 0.5) is 0 Å². The average Bonchev–Trinajstić information content (AvgIpc) is 3.05. The first-order chi connectivity index (χ1) is 12.3. The number of nitrogens with zero attached hydrogens (tertiary/aromatic N) is 1. The number of halogens is 1. The third-order valence-electron chi connectivity index (χ3n) is 3.81. The molecule has 0 fully saturated rings. The van der Waals surface area contributed by atoms with Crippen LogP contribution in [0, 0.1) is 0 Å². The minimum atomic E-state index is -1.08. The summed E-state index contributed by atoms with van der Waals surface area (Å²) in [4.78, 5) is 26.2. The number of amides is 1. The number of ether oxygens (including phenoxy) is 2. The Morgan fingerprint density at radius 1 is 1.19 bits per heavy atom. The van der Waals surface area contributed by atoms with Crippen molar-refractivity contribution in [3.05, 3.63) is 45.1 Å². The first-order valence-corrected chi connectivity index (χ1v) is 9.01. The topological polar surface area (TPSA) is 76.1 Å². The van der Waals surface area contributed by atoms with Crippen LogP contribution in [0.5, 0.6) is 11.5 Å². The molecule has 0 aliphatic carbocycles. The molecule has 0 radical (unpaired) electrons. The lowest BCUT2D eigenvalue weighted by Gasteiger charge is -2.24. The third-order valence-corrected chi connectivity index (χ3v) is 5.23. The maximum atomic E-state index is 12.9. The van der Waals surface area contributed by atoms with E-state index in [-0.39, 0.29) is 12.5 Å². The summed E-state index contributed by atoms with van der Waals surface area (Å²) in [5, 5.41) is 9.21. The molecule has 0 spiro atoms. The molecule has 0 aliphatic rings. The van der Waals surface area contributed by atoms with Gasteiger partial charge in [0.1, 0.15) is 18.0 Å². The second kappa shape index (κ2) is 8.91. The van der Waals surface area contributed by atoms with Crippen molar-refractivity contribution in [2.24, 2.45) is 0 Å². The van der Waals surface area contributed by atoms with Gasteiger partial charge in [-0.25, -0.2) is 0 Å². The zero-order valence-corrected chi connectivity index (χ0v) is 16.3. The van der Waals surface area contributed by atoms with Crippen LogP contribution in [0.15, 0.2) is 30.3 Å². The molecular formula is C18H20ClNO5S. The Morgan fingerprint density at radius 2 is 1.81 bits per heavy atom. The lowest BCUT2D eigenvalue weighted by molar-refractivity contribution is -0.145. The molecule has 1 atom stereocenters. The zero-order chi connectivity index (χ0) is 19.3. The summed E-state index contributed by atoms with van der Waals surface area (Å²) in [5.74, 6) is -0.711. The summed E-state index contributed by atoms with van der Waals surface area (Å²) >= 11 is 7.25. The minimum absolute atomic E-state index is 0.127. The van der Waals surface area contributed by atoms with E-state index in [9.17, 15) is 14.7 Å². The van der Waals surface area contributed by atoms with E-state index in [0.29, 0.717) is 21.4 Å². The van der Waals surface area contributed by atoms with Crippen LogP contribution in [0.3, 0.4) is 0 Å². The lowest BCUT2D eigenvalue weighted by atomic mass is 10.1. The molecule has 0 aliphatic heterocycles. The van der Waals surface area contributed by atoms with E-state index in [1.54, 1.807) is 37.3 Å². The summed E-state index contributed by atoms with van der Waals surface area (Å²) in [6.45, 7) is 1.47. The Morgan fingerprint density at radius 3 is 2.27 bits per heavy atom. The van der Waals surface area contributed by atoms with E-state index in [0.717, 1.165) is 4.88 Å². The molecule has 1 N–H and O–H groups in total. The number of methoxy groups -OCH3 is 2. The van der Waals surface area contributed by atoms with E-state index < -0.39 is 18.4 Å². The number of benzene rings is 1. The third kappa shape index (κ3) is 5.12. The number of carboxylic acids is 1. The van der Waals surface area contributed by atoms with Crippen LogP contribution in [-0.4, -0.2) is 42.6 Å². The Bertz CT molecular complexity index is 769. The lowest BCUT2D eigenvalue weighted by Crippen LogP contribution is -2.37. The molecule has 1 aromatic carbocycles. The summed E-state index contributed by atoms with van der Waals surface area (Å²) in [5.41, 5.74) is 0.715. The molecule has 26 heavy (non-hydrogen) atoms. The van der Waals surface area contributed by atoms with Gasteiger partial charge in [-0.15, -0.1) is 11.3 Å². The molecule has 8 heteroatoms. The standard InChI is InChI=1S/C18H20ClNO5S/c1-11(15-4-5-16(19)26-15)18(23)20(10-17(21)22)9-12-6-13(24-2)8-14(7-12)25-3/h4-8,11H,9-10H2,1-3H3,(H,21,22). The van der Waals surface area contributed by atoms with Gasteiger partial charge in [-0.1, -0.05) is 11.6 Å².